The van der Waals surface area contributed by atoms with E-state index < -0.39 is 17.3 Å². The number of hydrogen-bond acceptors (Lipinski definition) is 3. The lowest BCUT2D eigenvalue weighted by Crippen LogP contribution is -2.59. The maximum Gasteiger partial charge on any atom is 0.234 e. The highest BCUT2D eigenvalue weighted by Crippen LogP contribution is 2.65. The fourth-order valence-electron chi connectivity index (χ4n) is 6.69. The van der Waals surface area contributed by atoms with Gasteiger partial charge < -0.3 is 4.74 Å². The van der Waals surface area contributed by atoms with Crippen LogP contribution in [0.1, 0.15) is 40.7 Å². The second kappa shape index (κ2) is 6.88. The molecule has 160 valence electrons. The first-order valence-electron chi connectivity index (χ1n) is 11.2. The highest BCUT2D eigenvalue weighted by molar-refractivity contribution is 6.08. The van der Waals surface area contributed by atoms with Gasteiger partial charge in [-0.25, -0.2) is 0 Å². The Labute approximate surface area is 187 Å². The van der Waals surface area contributed by atoms with Crippen molar-refractivity contribution in [2.75, 3.05) is 7.11 Å². The van der Waals surface area contributed by atoms with Crippen LogP contribution in [0.3, 0.4) is 0 Å². The molecular weight excluding hydrogens is 398 g/mol. The average molecular weight is 424 g/mol. The number of nitrogens with zero attached hydrogens (tertiary/aromatic N) is 1. The van der Waals surface area contributed by atoms with Crippen LogP contribution in [0.25, 0.3) is 0 Å². The summed E-state index contributed by atoms with van der Waals surface area (Å²) in [7, 11) is 1.70. The van der Waals surface area contributed by atoms with Gasteiger partial charge in [-0.3, -0.25) is 14.5 Å². The van der Waals surface area contributed by atoms with Crippen molar-refractivity contribution in [2.45, 2.75) is 30.9 Å². The largest absolute Gasteiger partial charge is 0.380 e. The van der Waals surface area contributed by atoms with E-state index in [2.05, 4.69) is 24.3 Å². The molecule has 4 aliphatic rings. The van der Waals surface area contributed by atoms with Gasteiger partial charge >= 0.3 is 0 Å². The smallest absolute Gasteiger partial charge is 0.234 e. The van der Waals surface area contributed by atoms with E-state index in [4.69, 9.17) is 4.74 Å². The minimum absolute atomic E-state index is 0.0643. The lowest BCUT2D eigenvalue weighted by molar-refractivity contribution is -0.141. The van der Waals surface area contributed by atoms with Crippen molar-refractivity contribution in [3.8, 4) is 0 Å². The zero-order valence-electron chi connectivity index (χ0n) is 18.2. The Morgan fingerprint density at radius 2 is 1.41 bits per heavy atom. The molecule has 4 heteroatoms. The van der Waals surface area contributed by atoms with Gasteiger partial charge in [0.15, 0.2) is 0 Å². The Morgan fingerprint density at radius 3 is 2.00 bits per heavy atom. The summed E-state index contributed by atoms with van der Waals surface area (Å²) >= 11 is 0. The Balaban J connectivity index is 1.60. The quantitative estimate of drug-likeness (QED) is 0.589. The number of hydrogen-bond donors (Lipinski definition) is 0. The van der Waals surface area contributed by atoms with E-state index >= 15 is 0 Å². The number of carbonyl (C=O) groups excluding carboxylic acids is 2. The zero-order valence-corrected chi connectivity index (χ0v) is 18.2. The minimum atomic E-state index is -0.695. The molecule has 1 saturated heterocycles. The first-order valence-corrected chi connectivity index (χ1v) is 11.2. The predicted molar refractivity (Wildman–Crippen MR) is 121 cm³/mol. The van der Waals surface area contributed by atoms with Gasteiger partial charge in [0.1, 0.15) is 0 Å². The summed E-state index contributed by atoms with van der Waals surface area (Å²) < 4.78 is 5.99. The molecule has 0 spiro atoms. The summed E-state index contributed by atoms with van der Waals surface area (Å²) in [5.41, 5.74) is 4.82. The Kier molecular flexibility index (Phi) is 4.18. The van der Waals surface area contributed by atoms with Crippen LogP contribution in [0, 0.1) is 11.8 Å². The van der Waals surface area contributed by atoms with Crippen LogP contribution in [0.5, 0.6) is 0 Å². The fourth-order valence-corrected chi connectivity index (χ4v) is 6.69. The van der Waals surface area contributed by atoms with Crippen molar-refractivity contribution < 1.29 is 14.3 Å². The Hall–Kier alpha value is -3.24. The van der Waals surface area contributed by atoms with Gasteiger partial charge in [0, 0.05) is 13.0 Å². The van der Waals surface area contributed by atoms with Crippen LogP contribution in [0.2, 0.25) is 0 Å². The van der Waals surface area contributed by atoms with Crippen LogP contribution >= 0.6 is 0 Å². The highest BCUT2D eigenvalue weighted by Gasteiger charge is 2.69. The fraction of sp³-hybridized carbons (Fsp3) is 0.286. The van der Waals surface area contributed by atoms with E-state index in [1.807, 2.05) is 61.5 Å². The highest BCUT2D eigenvalue weighted by atomic mass is 16.5. The minimum Gasteiger partial charge on any atom is -0.380 e. The van der Waals surface area contributed by atoms with E-state index in [0.29, 0.717) is 6.54 Å². The molecule has 32 heavy (non-hydrogen) atoms. The second-order valence-electron chi connectivity index (χ2n) is 9.15. The molecule has 0 N–H and O–H groups in total. The molecule has 7 rings (SSSR count). The summed E-state index contributed by atoms with van der Waals surface area (Å²) in [6.07, 6.45) is -0.271. The van der Waals surface area contributed by atoms with Crippen LogP contribution in [0.15, 0.2) is 78.9 Å². The molecule has 4 nitrogen and oxygen atoms in total. The summed E-state index contributed by atoms with van der Waals surface area (Å²) in [6, 6.07) is 26.4. The normalized spacial score (nSPS) is 28.3. The third kappa shape index (κ3) is 2.25. The number of imide groups is 1. The van der Waals surface area contributed by atoms with Gasteiger partial charge in [-0.15, -0.1) is 0 Å². The number of amides is 2. The first kappa shape index (κ1) is 19.4. The monoisotopic (exact) mass is 423 g/mol. The number of ether oxygens (including phenoxy) is 1. The Morgan fingerprint density at radius 1 is 0.844 bits per heavy atom. The van der Waals surface area contributed by atoms with Crippen LogP contribution in [-0.2, 0) is 26.3 Å². The maximum atomic E-state index is 14.0. The van der Waals surface area contributed by atoms with Gasteiger partial charge in [-0.1, -0.05) is 78.9 Å². The van der Waals surface area contributed by atoms with Crippen molar-refractivity contribution in [1.82, 2.24) is 4.90 Å². The first-order chi connectivity index (χ1) is 15.6. The SMILES string of the molecule is CO[C@@H](C)C12c3ccccc3C(c3ccccc31)[C@@H]1C(=O)N(Cc3ccccc3)C(=O)[C@@H]12. The molecule has 3 aliphatic carbocycles. The lowest BCUT2D eigenvalue weighted by atomic mass is 9.46. The van der Waals surface area contributed by atoms with Gasteiger partial charge in [-0.05, 0) is 34.7 Å². The molecule has 3 aromatic rings. The van der Waals surface area contributed by atoms with Crippen molar-refractivity contribution in [3.05, 3.63) is 107 Å². The lowest BCUT2D eigenvalue weighted by Gasteiger charge is -2.56. The molecule has 2 amide bonds. The molecule has 1 heterocycles. The molecule has 1 fully saturated rings. The van der Waals surface area contributed by atoms with Crippen LogP contribution in [0.4, 0.5) is 0 Å². The van der Waals surface area contributed by atoms with Gasteiger partial charge in [0.05, 0.1) is 29.9 Å². The standard InChI is InChI=1S/C28H25NO3/c1-17(32-2)28-21-14-8-6-12-19(21)23(20-13-7-9-15-22(20)28)24-25(28)27(31)29(26(24)30)16-18-10-4-3-5-11-18/h3-15,17,23-25H,16H2,1-2H3/t17-,23?,24-,25+,28?/m0/s1. The number of rotatable bonds is 4. The third-order valence-corrected chi connectivity index (χ3v) is 7.95. The summed E-state index contributed by atoms with van der Waals surface area (Å²) in [4.78, 5) is 29.4. The summed E-state index contributed by atoms with van der Waals surface area (Å²) in [5, 5.41) is 0. The molecule has 0 unspecified atom stereocenters. The van der Waals surface area contributed by atoms with Gasteiger partial charge in [-0.2, -0.15) is 0 Å². The maximum absolute atomic E-state index is 14.0. The van der Waals surface area contributed by atoms with E-state index in [-0.39, 0.29) is 23.8 Å². The van der Waals surface area contributed by atoms with Crippen LogP contribution < -0.4 is 0 Å². The molecule has 0 aromatic heterocycles. The topological polar surface area (TPSA) is 46.6 Å². The Bertz CT molecular complexity index is 1190. The van der Waals surface area contributed by atoms with Gasteiger partial charge in [0.2, 0.25) is 11.8 Å². The van der Waals surface area contributed by atoms with Crippen molar-refractivity contribution in [2.24, 2.45) is 11.8 Å². The van der Waals surface area contributed by atoms with Gasteiger partial charge in [0.25, 0.3) is 0 Å². The molecule has 0 radical (unpaired) electrons. The van der Waals surface area contributed by atoms with E-state index in [0.717, 1.165) is 27.8 Å². The van der Waals surface area contributed by atoms with Crippen molar-refractivity contribution in [3.63, 3.8) is 0 Å². The zero-order chi connectivity index (χ0) is 22.0. The number of methoxy groups -OCH3 is 1. The van der Waals surface area contributed by atoms with E-state index in [1.54, 1.807) is 7.11 Å². The number of benzene rings is 3. The molecule has 3 aromatic carbocycles. The second-order valence-corrected chi connectivity index (χ2v) is 9.15. The summed E-state index contributed by atoms with van der Waals surface area (Å²) in [6.45, 7) is 2.34. The van der Waals surface area contributed by atoms with E-state index in [9.17, 15) is 9.59 Å². The molecular formula is C28H25NO3. The predicted octanol–water partition coefficient (Wildman–Crippen LogP) is 4.27. The summed E-state index contributed by atoms with van der Waals surface area (Å²) in [5.74, 6) is -1.14. The number of carbonyl (C=O) groups is 2. The molecule has 1 aliphatic heterocycles. The third-order valence-electron chi connectivity index (χ3n) is 7.95. The molecule has 3 atom stereocenters. The van der Waals surface area contributed by atoms with Crippen molar-refractivity contribution in [1.29, 1.82) is 0 Å². The van der Waals surface area contributed by atoms with Crippen LogP contribution in [-0.4, -0.2) is 29.9 Å². The van der Waals surface area contributed by atoms with Crippen molar-refractivity contribution >= 4 is 11.8 Å². The average Bonchev–Trinajstić information content (AvgIpc) is 3.10. The van der Waals surface area contributed by atoms with E-state index in [1.165, 1.54) is 4.90 Å². The number of likely N-dealkylation sites (tertiary alicyclic amines) is 1. The molecule has 0 saturated carbocycles. The molecule has 2 bridgehead atoms.